The normalized spacial score (nSPS) is 14.9. The number of nitrogens with one attached hydrogen (secondary N) is 3. The van der Waals surface area contributed by atoms with Crippen LogP contribution >= 0.6 is 11.3 Å². The molecule has 0 unspecified atom stereocenters. The van der Waals surface area contributed by atoms with E-state index in [0.29, 0.717) is 55.3 Å². The zero-order valence-corrected chi connectivity index (χ0v) is 36.2. The number of nitrogens with zero attached hydrogens (tertiary/aromatic N) is 4. The SMILES string of the molecule is CC.CC(C)(C)OC(=O)/N=C(/NC(=O)OC(C)(C)C)N1CC=C(c2ccc(NC(=O)c3ccc(C4=CCN(C(=BOC#N)NC(=O)OC(C)(C)C)CC4)cc3)s2)CC1. The van der Waals surface area contributed by atoms with Crippen LogP contribution in [0, 0.1) is 11.5 Å². The van der Waals surface area contributed by atoms with Crippen LogP contribution < -0.4 is 16.0 Å². The Morgan fingerprint density at radius 2 is 1.31 bits per heavy atom. The molecule has 2 aliphatic heterocycles. The number of carbonyl (C=O) groups excluding carboxylic acids is 4. The number of rotatable bonds is 7. The summed E-state index contributed by atoms with van der Waals surface area (Å²) in [6, 6.07) is 11.2. The minimum absolute atomic E-state index is 0.0386. The van der Waals surface area contributed by atoms with Gasteiger partial charge in [0.2, 0.25) is 5.96 Å². The Morgan fingerprint density at radius 1 is 0.759 bits per heavy atom. The fraction of sp³-hybridized carbons (Fsp3) is 0.488. The third-order valence-corrected chi connectivity index (χ3v) is 8.87. The maximum Gasteiger partial charge on any atom is 0.0251 e. The molecular formula is C41H56BN7O8S. The summed E-state index contributed by atoms with van der Waals surface area (Å²) in [6.07, 6.45) is 4.63. The standard InChI is InChI=1S/C39H50BN7O8S.C2H6/c1-37(2,3)53-34(49)43-32(40-52-24-41)46-20-16-26(17-21-46)25-10-12-28(13-11-25)31(48)42-30-15-14-29(56-30)27-18-22-47(23-19-27)33(44-35(50)54-38(4,5)6)45-36(51)55-39(7,8)9;1-2/h10-16,18H,17,19-23H2,1-9H3,(H,42,48)(H,43,49)(H,44,45,50,51);1-2H3. The summed E-state index contributed by atoms with van der Waals surface area (Å²) < 4.78 is 20.9. The minimum Gasteiger partial charge on any atom is -0.118 e. The van der Waals surface area contributed by atoms with Crippen LogP contribution in [-0.4, -0.2) is 95.8 Å². The smallest absolute Gasteiger partial charge is 0.0251 e. The number of aliphatic imine (C=N–C) groups is 1. The Balaban J connectivity index is 0.00000443. The summed E-state index contributed by atoms with van der Waals surface area (Å²) in [4.78, 5) is 59.4. The zero-order chi connectivity index (χ0) is 43.3. The fourth-order valence-electron chi connectivity index (χ4n) is 5.45. The van der Waals surface area contributed by atoms with E-state index in [-0.39, 0.29) is 11.9 Å². The van der Waals surface area contributed by atoms with Crippen molar-refractivity contribution in [3.8, 4) is 6.26 Å². The average molecular weight is 818 g/mol. The molecule has 3 heterocycles. The summed E-state index contributed by atoms with van der Waals surface area (Å²) >= 11 is 1.45. The van der Waals surface area contributed by atoms with E-state index in [1.54, 1.807) is 85.6 Å². The van der Waals surface area contributed by atoms with E-state index in [9.17, 15) is 19.2 Å². The summed E-state index contributed by atoms with van der Waals surface area (Å²) in [5.41, 5.74) is 1.74. The molecule has 0 atom stereocenters. The Morgan fingerprint density at radius 3 is 1.84 bits per heavy atom. The molecule has 0 bridgehead atoms. The molecule has 1 aromatic heterocycles. The van der Waals surface area contributed by atoms with Gasteiger partial charge in [0.15, 0.2) is 0 Å². The molecule has 0 spiro atoms. The van der Waals surface area contributed by atoms with E-state index < -0.39 is 35.1 Å². The molecule has 15 nitrogen and oxygen atoms in total. The van der Waals surface area contributed by atoms with Crippen LogP contribution in [-0.2, 0) is 18.9 Å². The van der Waals surface area contributed by atoms with Gasteiger partial charge in [0.25, 0.3) is 0 Å². The molecule has 0 fully saturated rings. The van der Waals surface area contributed by atoms with Crippen LogP contribution in [0.3, 0.4) is 0 Å². The Bertz CT molecular complexity index is 1950. The maximum absolute atomic E-state index is 13.2. The molecular weight excluding hydrogens is 761 g/mol. The molecule has 0 aliphatic carbocycles. The van der Waals surface area contributed by atoms with Gasteiger partial charge in [-0.3, -0.25) is 5.32 Å². The van der Waals surface area contributed by atoms with Crippen LogP contribution in [0.2, 0.25) is 0 Å². The van der Waals surface area contributed by atoms with Crippen LogP contribution in [0.1, 0.15) is 110 Å². The number of benzene rings is 1. The topological polar surface area (TPSA) is 184 Å². The predicted octanol–water partition coefficient (Wildman–Crippen LogP) is 7.75. The number of ether oxygens (including phenoxy) is 3. The second-order valence-corrected chi connectivity index (χ2v) is 17.0. The first kappa shape index (κ1) is 46.8. The van der Waals surface area contributed by atoms with Crippen molar-refractivity contribution >= 4 is 70.5 Å². The molecule has 3 N–H and O–H groups in total. The molecule has 312 valence electrons. The third kappa shape index (κ3) is 15.7. The number of hydrogen-bond acceptors (Lipinski definition) is 11. The fourth-order valence-corrected chi connectivity index (χ4v) is 6.42. The maximum atomic E-state index is 13.2. The van der Waals surface area contributed by atoms with Gasteiger partial charge in [-0.05, 0) is 65.7 Å². The van der Waals surface area contributed by atoms with E-state index in [4.69, 9.17) is 24.1 Å². The third-order valence-electron chi connectivity index (χ3n) is 7.79. The van der Waals surface area contributed by atoms with Gasteiger partial charge < -0.3 is 14.4 Å². The monoisotopic (exact) mass is 817 g/mol. The summed E-state index contributed by atoms with van der Waals surface area (Å²) in [7, 11) is 1.18. The van der Waals surface area contributed by atoms with E-state index in [1.807, 2.05) is 55.2 Å². The van der Waals surface area contributed by atoms with Crippen LogP contribution in [0.15, 0.2) is 53.5 Å². The van der Waals surface area contributed by atoms with Gasteiger partial charge in [-0.1, -0.05) is 19.9 Å². The van der Waals surface area contributed by atoms with Gasteiger partial charge >= 0.3 is 181 Å². The van der Waals surface area contributed by atoms with Gasteiger partial charge in [0.05, 0.1) is 0 Å². The van der Waals surface area contributed by atoms with Crippen molar-refractivity contribution in [2.24, 2.45) is 4.99 Å². The van der Waals surface area contributed by atoms with Crippen molar-refractivity contribution in [1.29, 1.82) is 5.26 Å². The van der Waals surface area contributed by atoms with E-state index in [0.717, 1.165) is 21.6 Å². The van der Waals surface area contributed by atoms with Crippen LogP contribution in [0.4, 0.5) is 19.4 Å². The molecule has 0 saturated heterocycles. The molecule has 0 radical (unpaired) electrons. The molecule has 4 amide bonds. The quantitative estimate of drug-likeness (QED) is 0.0816. The molecule has 2 aromatic rings. The Hall–Kier alpha value is -5.63. The van der Waals surface area contributed by atoms with Gasteiger partial charge in [-0.15, -0.1) is 16.3 Å². The first-order valence-electron chi connectivity index (χ1n) is 19.1. The number of nitriles is 1. The van der Waals surface area contributed by atoms with Crippen molar-refractivity contribution in [2.75, 3.05) is 31.5 Å². The number of guanidine groups is 1. The minimum atomic E-state index is -0.827. The second kappa shape index (κ2) is 20.7. The van der Waals surface area contributed by atoms with Crippen molar-refractivity contribution in [1.82, 2.24) is 20.4 Å². The molecule has 0 saturated carbocycles. The Kier molecular flexibility index (Phi) is 16.7. The van der Waals surface area contributed by atoms with Crippen molar-refractivity contribution in [2.45, 2.75) is 106 Å². The van der Waals surface area contributed by atoms with Crippen molar-refractivity contribution in [3.63, 3.8) is 0 Å². The second-order valence-electron chi connectivity index (χ2n) is 15.9. The number of hydrogen-bond donors (Lipinski definition) is 3. The van der Waals surface area contributed by atoms with Gasteiger partial charge in [-0.2, -0.15) is 0 Å². The number of thiophene rings is 1. The summed E-state index contributed by atoms with van der Waals surface area (Å²) in [6.45, 7) is 21.5. The van der Waals surface area contributed by atoms with Gasteiger partial charge in [0.1, 0.15) is 11.2 Å². The number of amides is 4. The summed E-state index contributed by atoms with van der Waals surface area (Å²) in [5.74, 6) is -0.203. The van der Waals surface area contributed by atoms with Gasteiger partial charge in [-0.25, -0.2) is 9.59 Å². The van der Waals surface area contributed by atoms with Crippen LogP contribution in [0.25, 0.3) is 11.1 Å². The van der Waals surface area contributed by atoms with E-state index in [2.05, 4.69) is 20.9 Å². The average Bonchev–Trinajstić information content (AvgIpc) is 3.60. The van der Waals surface area contributed by atoms with E-state index in [1.165, 1.54) is 18.5 Å². The molecule has 4 rings (SSSR count). The largest absolute Gasteiger partial charge is 0.118 e. The first-order chi connectivity index (χ1) is 27.2. The molecule has 2 aliphatic rings. The molecule has 1 aromatic carbocycles. The first-order valence-corrected chi connectivity index (χ1v) is 20.0. The summed E-state index contributed by atoms with van der Waals surface area (Å²) in [5, 5.41) is 17.8. The van der Waals surface area contributed by atoms with Crippen molar-refractivity contribution in [3.05, 3.63) is 64.6 Å². The number of carbonyl (C=O) groups is 4. The molecule has 58 heavy (non-hydrogen) atoms. The van der Waals surface area contributed by atoms with Crippen LogP contribution in [0.5, 0.6) is 0 Å². The number of alkyl carbamates (subject to hydrolysis) is 2. The predicted molar refractivity (Wildman–Crippen MR) is 228 cm³/mol. The van der Waals surface area contributed by atoms with Crippen molar-refractivity contribution < 1.29 is 38.0 Å². The van der Waals surface area contributed by atoms with Gasteiger partial charge in [0, 0.05) is 18.0 Å². The Labute approximate surface area is 346 Å². The zero-order valence-electron chi connectivity index (χ0n) is 35.4. The number of anilines is 1. The van der Waals surface area contributed by atoms with E-state index >= 15 is 0 Å². The molecule has 17 heteroatoms.